The maximum atomic E-state index is 11.9. The standard InChI is InChI=1S/C17H16N2O2/c1-11(20)19(2)17-12-7-4-5-9-14(12)18-16-13(17)8-6-10-15(16)21-3/h4-10H,1-3H3. The van der Waals surface area contributed by atoms with Gasteiger partial charge in [0.2, 0.25) is 5.91 Å². The summed E-state index contributed by atoms with van der Waals surface area (Å²) in [6.07, 6.45) is 0. The number of ether oxygens (including phenoxy) is 1. The van der Waals surface area contributed by atoms with Crippen LogP contribution in [0, 0.1) is 0 Å². The van der Waals surface area contributed by atoms with E-state index in [9.17, 15) is 4.79 Å². The first-order valence-corrected chi connectivity index (χ1v) is 6.73. The van der Waals surface area contributed by atoms with Crippen LogP contribution in [0.2, 0.25) is 0 Å². The summed E-state index contributed by atoms with van der Waals surface area (Å²) in [5.74, 6) is 0.687. The molecule has 0 bridgehead atoms. The number of pyridine rings is 1. The van der Waals surface area contributed by atoms with Gasteiger partial charge >= 0.3 is 0 Å². The van der Waals surface area contributed by atoms with Gasteiger partial charge in [0.25, 0.3) is 0 Å². The molecule has 0 saturated heterocycles. The van der Waals surface area contributed by atoms with Gasteiger partial charge in [0.05, 0.1) is 18.3 Å². The predicted octanol–water partition coefficient (Wildman–Crippen LogP) is 3.38. The molecule has 0 aliphatic rings. The zero-order chi connectivity index (χ0) is 15.0. The number of rotatable bonds is 2. The first-order valence-electron chi connectivity index (χ1n) is 6.73. The summed E-state index contributed by atoms with van der Waals surface area (Å²) in [6, 6.07) is 13.6. The van der Waals surface area contributed by atoms with Crippen LogP contribution in [0.3, 0.4) is 0 Å². The zero-order valence-electron chi connectivity index (χ0n) is 12.3. The van der Waals surface area contributed by atoms with E-state index in [0.29, 0.717) is 5.75 Å². The fraction of sp³-hybridized carbons (Fsp3) is 0.176. The largest absolute Gasteiger partial charge is 0.494 e. The number of methoxy groups -OCH3 is 1. The number of hydrogen-bond donors (Lipinski definition) is 0. The summed E-state index contributed by atoms with van der Waals surface area (Å²) in [4.78, 5) is 18.2. The van der Waals surface area contributed by atoms with E-state index >= 15 is 0 Å². The third-order valence-corrected chi connectivity index (χ3v) is 3.67. The Morgan fingerprint density at radius 2 is 1.81 bits per heavy atom. The average molecular weight is 280 g/mol. The van der Waals surface area contributed by atoms with E-state index in [0.717, 1.165) is 27.5 Å². The molecule has 106 valence electrons. The zero-order valence-corrected chi connectivity index (χ0v) is 12.3. The average Bonchev–Trinajstić information content (AvgIpc) is 2.51. The molecule has 21 heavy (non-hydrogen) atoms. The van der Waals surface area contributed by atoms with E-state index in [2.05, 4.69) is 4.98 Å². The SMILES string of the molecule is COc1cccc2c(N(C)C(C)=O)c3ccccc3nc12. The van der Waals surface area contributed by atoms with Gasteiger partial charge in [0, 0.05) is 24.7 Å². The fourth-order valence-corrected chi connectivity index (χ4v) is 2.55. The minimum Gasteiger partial charge on any atom is -0.494 e. The lowest BCUT2D eigenvalue weighted by atomic mass is 10.1. The Morgan fingerprint density at radius 1 is 1.10 bits per heavy atom. The minimum absolute atomic E-state index is 0.0181. The number of amides is 1. The molecule has 1 heterocycles. The van der Waals surface area contributed by atoms with Gasteiger partial charge < -0.3 is 9.64 Å². The van der Waals surface area contributed by atoms with Gasteiger partial charge in [-0.05, 0) is 12.1 Å². The van der Waals surface area contributed by atoms with E-state index in [1.807, 2.05) is 42.5 Å². The Hall–Kier alpha value is -2.62. The van der Waals surface area contributed by atoms with Crippen LogP contribution < -0.4 is 9.64 Å². The summed E-state index contributed by atoms with van der Waals surface area (Å²) in [6.45, 7) is 1.56. The van der Waals surface area contributed by atoms with Crippen LogP contribution in [0.15, 0.2) is 42.5 Å². The molecule has 0 spiro atoms. The third-order valence-electron chi connectivity index (χ3n) is 3.67. The molecular weight excluding hydrogens is 264 g/mol. The van der Waals surface area contributed by atoms with E-state index in [1.165, 1.54) is 0 Å². The van der Waals surface area contributed by atoms with Crippen LogP contribution in [0.5, 0.6) is 5.75 Å². The van der Waals surface area contributed by atoms with Gasteiger partial charge in [-0.15, -0.1) is 0 Å². The maximum Gasteiger partial charge on any atom is 0.223 e. The Kier molecular flexibility index (Phi) is 3.22. The second-order valence-electron chi connectivity index (χ2n) is 4.91. The second kappa shape index (κ2) is 5.05. The van der Waals surface area contributed by atoms with Gasteiger partial charge in [-0.1, -0.05) is 30.3 Å². The lowest BCUT2D eigenvalue weighted by molar-refractivity contribution is -0.116. The summed E-state index contributed by atoms with van der Waals surface area (Å²) in [7, 11) is 3.41. The Labute approximate surface area is 123 Å². The molecule has 3 aromatic rings. The van der Waals surface area contributed by atoms with Crippen molar-refractivity contribution in [3.63, 3.8) is 0 Å². The Morgan fingerprint density at radius 3 is 2.52 bits per heavy atom. The van der Waals surface area contributed by atoms with Crippen molar-refractivity contribution in [1.82, 2.24) is 4.98 Å². The number of para-hydroxylation sites is 2. The molecule has 0 fully saturated rings. The Bertz CT molecular complexity index is 843. The van der Waals surface area contributed by atoms with Crippen LogP contribution in [-0.4, -0.2) is 25.0 Å². The molecular formula is C17H16N2O2. The highest BCUT2D eigenvalue weighted by Crippen LogP contribution is 2.36. The van der Waals surface area contributed by atoms with Crippen LogP contribution in [0.25, 0.3) is 21.8 Å². The molecule has 0 aliphatic carbocycles. The first kappa shape index (κ1) is 13.4. The van der Waals surface area contributed by atoms with Crippen molar-refractivity contribution in [3.05, 3.63) is 42.5 Å². The number of fused-ring (bicyclic) bond motifs is 2. The molecule has 1 amide bonds. The molecule has 0 atom stereocenters. The lowest BCUT2D eigenvalue weighted by Gasteiger charge is -2.20. The number of hydrogen-bond acceptors (Lipinski definition) is 3. The van der Waals surface area contributed by atoms with Gasteiger partial charge in [0.1, 0.15) is 11.3 Å². The smallest absolute Gasteiger partial charge is 0.223 e. The lowest BCUT2D eigenvalue weighted by Crippen LogP contribution is -2.23. The normalized spacial score (nSPS) is 10.8. The van der Waals surface area contributed by atoms with Crippen molar-refractivity contribution >= 4 is 33.4 Å². The summed E-state index contributed by atoms with van der Waals surface area (Å²) in [5, 5.41) is 1.86. The molecule has 3 rings (SSSR count). The van der Waals surface area contributed by atoms with Crippen molar-refractivity contribution in [2.75, 3.05) is 19.1 Å². The van der Waals surface area contributed by atoms with Crippen molar-refractivity contribution in [2.24, 2.45) is 0 Å². The van der Waals surface area contributed by atoms with Gasteiger partial charge in [-0.25, -0.2) is 4.98 Å². The fourth-order valence-electron chi connectivity index (χ4n) is 2.55. The summed E-state index contributed by atoms with van der Waals surface area (Å²) < 4.78 is 5.41. The molecule has 0 radical (unpaired) electrons. The van der Waals surface area contributed by atoms with Crippen molar-refractivity contribution < 1.29 is 9.53 Å². The molecule has 1 aromatic heterocycles. The van der Waals surface area contributed by atoms with E-state index < -0.39 is 0 Å². The van der Waals surface area contributed by atoms with Gasteiger partial charge in [-0.3, -0.25) is 4.79 Å². The number of carbonyl (C=O) groups is 1. The molecule has 0 aliphatic heterocycles. The molecule has 0 N–H and O–H groups in total. The molecule has 4 nitrogen and oxygen atoms in total. The third kappa shape index (κ3) is 2.09. The van der Waals surface area contributed by atoms with Crippen molar-refractivity contribution in [2.45, 2.75) is 6.92 Å². The van der Waals surface area contributed by atoms with Crippen LogP contribution in [0.1, 0.15) is 6.92 Å². The summed E-state index contributed by atoms with van der Waals surface area (Å²) in [5.41, 5.74) is 2.47. The number of carbonyl (C=O) groups excluding carboxylic acids is 1. The topological polar surface area (TPSA) is 42.4 Å². The quantitative estimate of drug-likeness (QED) is 0.676. The van der Waals surface area contributed by atoms with Gasteiger partial charge in [0.15, 0.2) is 0 Å². The molecule has 0 saturated carbocycles. The Balaban J connectivity index is 2.51. The highest BCUT2D eigenvalue weighted by molar-refractivity contribution is 6.14. The van der Waals surface area contributed by atoms with E-state index in [1.54, 1.807) is 26.0 Å². The highest BCUT2D eigenvalue weighted by Gasteiger charge is 2.17. The number of nitrogens with zero attached hydrogens (tertiary/aromatic N) is 2. The van der Waals surface area contributed by atoms with Crippen LogP contribution in [0.4, 0.5) is 5.69 Å². The minimum atomic E-state index is -0.0181. The number of anilines is 1. The number of benzene rings is 2. The first-order chi connectivity index (χ1) is 10.1. The predicted molar refractivity (Wildman–Crippen MR) is 84.9 cm³/mol. The monoisotopic (exact) mass is 280 g/mol. The van der Waals surface area contributed by atoms with Crippen LogP contribution in [-0.2, 0) is 4.79 Å². The van der Waals surface area contributed by atoms with Crippen molar-refractivity contribution in [1.29, 1.82) is 0 Å². The van der Waals surface area contributed by atoms with Crippen molar-refractivity contribution in [3.8, 4) is 5.75 Å². The molecule has 0 unspecified atom stereocenters. The maximum absolute atomic E-state index is 11.9. The van der Waals surface area contributed by atoms with Crippen LogP contribution >= 0.6 is 0 Å². The second-order valence-corrected chi connectivity index (χ2v) is 4.91. The molecule has 4 heteroatoms. The molecule has 2 aromatic carbocycles. The van der Waals surface area contributed by atoms with Gasteiger partial charge in [-0.2, -0.15) is 0 Å². The summed E-state index contributed by atoms with van der Waals surface area (Å²) >= 11 is 0. The van der Waals surface area contributed by atoms with E-state index in [-0.39, 0.29) is 5.91 Å². The highest BCUT2D eigenvalue weighted by atomic mass is 16.5. The number of aromatic nitrogens is 1. The van der Waals surface area contributed by atoms with E-state index in [4.69, 9.17) is 4.74 Å².